The molecule has 1 saturated heterocycles. The van der Waals surface area contributed by atoms with Gasteiger partial charge in [0.15, 0.2) is 0 Å². The molecule has 1 aliphatic heterocycles. The lowest BCUT2D eigenvalue weighted by molar-refractivity contribution is 0.0939. The average Bonchev–Trinajstić information content (AvgIpc) is 3.24. The summed E-state index contributed by atoms with van der Waals surface area (Å²) in [5.74, 6) is -0.368. The van der Waals surface area contributed by atoms with Crippen LogP contribution in [0.1, 0.15) is 36.5 Å². The number of sulfonamides is 1. The zero-order valence-corrected chi connectivity index (χ0v) is 14.4. The van der Waals surface area contributed by atoms with Crippen LogP contribution in [0.4, 0.5) is 0 Å². The van der Waals surface area contributed by atoms with E-state index in [0.29, 0.717) is 18.7 Å². The van der Waals surface area contributed by atoms with Gasteiger partial charge in [0.2, 0.25) is 10.0 Å². The highest BCUT2D eigenvalue weighted by molar-refractivity contribution is 7.89. The fourth-order valence-corrected chi connectivity index (χ4v) is 4.38. The summed E-state index contributed by atoms with van der Waals surface area (Å²) >= 11 is 0. The van der Waals surface area contributed by atoms with Gasteiger partial charge >= 0.3 is 0 Å². The molecule has 0 atom stereocenters. The van der Waals surface area contributed by atoms with Crippen molar-refractivity contribution < 1.29 is 13.2 Å². The molecule has 2 aliphatic rings. The minimum absolute atomic E-state index is 0.160. The van der Waals surface area contributed by atoms with Crippen molar-refractivity contribution >= 4 is 15.9 Å². The van der Waals surface area contributed by atoms with Crippen molar-refractivity contribution in [1.82, 2.24) is 15.2 Å². The van der Waals surface area contributed by atoms with Crippen LogP contribution in [-0.2, 0) is 10.0 Å². The Morgan fingerprint density at radius 3 is 2.62 bits per heavy atom. The van der Waals surface area contributed by atoms with E-state index < -0.39 is 10.0 Å². The van der Waals surface area contributed by atoms with Crippen LogP contribution < -0.4 is 10.9 Å². The number of carbonyl (C=O) groups is 1. The van der Waals surface area contributed by atoms with Crippen molar-refractivity contribution in [2.24, 2.45) is 0 Å². The maximum Gasteiger partial charge on any atom is 0.269 e. The van der Waals surface area contributed by atoms with Crippen molar-refractivity contribution in [3.05, 3.63) is 53.3 Å². The Morgan fingerprint density at radius 1 is 1.21 bits per heavy atom. The second-order valence-corrected chi connectivity index (χ2v) is 8.01. The van der Waals surface area contributed by atoms with Gasteiger partial charge in [0.1, 0.15) is 0 Å². The van der Waals surface area contributed by atoms with Crippen LogP contribution in [0.25, 0.3) is 0 Å². The summed E-state index contributed by atoms with van der Waals surface area (Å²) in [6.07, 6.45) is 6.55. The third kappa shape index (κ3) is 3.52. The molecule has 0 aromatic heterocycles. The molecule has 1 heterocycles. The van der Waals surface area contributed by atoms with Gasteiger partial charge in [-0.1, -0.05) is 17.7 Å². The molecule has 0 radical (unpaired) electrons. The Kier molecular flexibility index (Phi) is 4.73. The van der Waals surface area contributed by atoms with E-state index in [1.54, 1.807) is 12.1 Å². The van der Waals surface area contributed by atoms with Crippen LogP contribution in [0, 0.1) is 0 Å². The van der Waals surface area contributed by atoms with E-state index in [-0.39, 0.29) is 10.8 Å². The molecule has 7 heteroatoms. The molecular weight excluding hydrogens is 326 g/mol. The fraction of sp³-hybridized carbons (Fsp3) is 0.353. The summed E-state index contributed by atoms with van der Waals surface area (Å²) < 4.78 is 26.6. The highest BCUT2D eigenvalue weighted by Crippen LogP contribution is 2.21. The van der Waals surface area contributed by atoms with Gasteiger partial charge in [-0.25, -0.2) is 8.42 Å². The standard InChI is InChI=1S/C17H21N3O3S/c1-13-7-8-15(11-13)18-19-17(21)14-5-4-6-16(12-14)24(22,23)20-9-2-3-10-20/h4-6,8,11-12,18H,2-3,7,9-10H2,1H3,(H,19,21). The summed E-state index contributed by atoms with van der Waals surface area (Å²) in [5.41, 5.74) is 7.80. The Morgan fingerprint density at radius 2 is 1.96 bits per heavy atom. The molecule has 1 aliphatic carbocycles. The zero-order valence-electron chi connectivity index (χ0n) is 13.6. The second kappa shape index (κ2) is 6.78. The Bertz CT molecular complexity index is 806. The number of nitrogens with zero attached hydrogens (tertiary/aromatic N) is 1. The molecule has 128 valence electrons. The summed E-state index contributed by atoms with van der Waals surface area (Å²) in [5, 5.41) is 0. The van der Waals surface area contributed by atoms with Crippen LogP contribution in [0.2, 0.25) is 0 Å². The number of hydrogen-bond donors (Lipinski definition) is 2. The first-order valence-electron chi connectivity index (χ1n) is 8.01. The van der Waals surface area contributed by atoms with Crippen LogP contribution in [0.3, 0.4) is 0 Å². The molecule has 2 N–H and O–H groups in total. The highest BCUT2D eigenvalue weighted by Gasteiger charge is 2.27. The predicted molar refractivity (Wildman–Crippen MR) is 91.5 cm³/mol. The molecule has 1 aromatic rings. The molecule has 1 amide bonds. The van der Waals surface area contributed by atoms with Crippen molar-refractivity contribution in [2.75, 3.05) is 13.1 Å². The van der Waals surface area contributed by atoms with E-state index in [1.165, 1.54) is 22.0 Å². The first-order valence-corrected chi connectivity index (χ1v) is 9.45. The van der Waals surface area contributed by atoms with E-state index in [1.807, 2.05) is 19.1 Å². The highest BCUT2D eigenvalue weighted by atomic mass is 32.2. The predicted octanol–water partition coefficient (Wildman–Crippen LogP) is 1.94. The number of allylic oxidation sites excluding steroid dienone is 3. The summed E-state index contributed by atoms with van der Waals surface area (Å²) in [6, 6.07) is 6.15. The maximum absolute atomic E-state index is 12.6. The maximum atomic E-state index is 12.6. The molecule has 1 aromatic carbocycles. The molecule has 0 bridgehead atoms. The fourth-order valence-electron chi connectivity index (χ4n) is 2.82. The van der Waals surface area contributed by atoms with Gasteiger partial charge in [-0.2, -0.15) is 4.31 Å². The first kappa shape index (κ1) is 16.7. The number of benzene rings is 1. The molecule has 1 fully saturated rings. The van der Waals surface area contributed by atoms with Gasteiger partial charge in [-0.05, 0) is 50.5 Å². The first-order chi connectivity index (χ1) is 11.5. The van der Waals surface area contributed by atoms with Crippen LogP contribution in [0.5, 0.6) is 0 Å². The van der Waals surface area contributed by atoms with Gasteiger partial charge in [0, 0.05) is 18.7 Å². The number of carbonyl (C=O) groups excluding carboxylic acids is 1. The SMILES string of the molecule is CC1=CC(NNC(=O)c2cccc(S(=O)(=O)N3CCCC3)c2)=CC1. The summed E-state index contributed by atoms with van der Waals surface area (Å²) in [6.45, 7) is 3.10. The van der Waals surface area contributed by atoms with Crippen molar-refractivity contribution in [2.45, 2.75) is 31.1 Å². The van der Waals surface area contributed by atoms with E-state index in [4.69, 9.17) is 0 Å². The Hall–Kier alpha value is -2.12. The van der Waals surface area contributed by atoms with Gasteiger partial charge in [-0.15, -0.1) is 0 Å². The normalized spacial score (nSPS) is 18.2. The van der Waals surface area contributed by atoms with Crippen LogP contribution >= 0.6 is 0 Å². The number of hydrogen-bond acceptors (Lipinski definition) is 4. The molecule has 0 unspecified atom stereocenters. The quantitative estimate of drug-likeness (QED) is 0.798. The third-order valence-corrected chi connectivity index (χ3v) is 6.06. The molecule has 0 spiro atoms. The van der Waals surface area contributed by atoms with Crippen molar-refractivity contribution in [3.63, 3.8) is 0 Å². The number of rotatable bonds is 5. The largest absolute Gasteiger partial charge is 0.299 e. The molecule has 24 heavy (non-hydrogen) atoms. The van der Waals surface area contributed by atoms with Gasteiger partial charge in [0.05, 0.1) is 10.6 Å². The number of hydrazine groups is 1. The van der Waals surface area contributed by atoms with Gasteiger partial charge in [0.25, 0.3) is 5.91 Å². The molecule has 6 nitrogen and oxygen atoms in total. The third-order valence-electron chi connectivity index (χ3n) is 4.17. The lowest BCUT2D eigenvalue weighted by atomic mass is 10.2. The Balaban J connectivity index is 1.71. The molecular formula is C17H21N3O3S. The lowest BCUT2D eigenvalue weighted by Gasteiger charge is -2.16. The average molecular weight is 347 g/mol. The van der Waals surface area contributed by atoms with Gasteiger partial charge < -0.3 is 0 Å². The van der Waals surface area contributed by atoms with E-state index in [9.17, 15) is 13.2 Å². The zero-order chi connectivity index (χ0) is 17.2. The molecule has 0 saturated carbocycles. The van der Waals surface area contributed by atoms with Crippen molar-refractivity contribution in [3.8, 4) is 0 Å². The van der Waals surface area contributed by atoms with Crippen LogP contribution in [0.15, 0.2) is 52.6 Å². The number of nitrogens with one attached hydrogen (secondary N) is 2. The minimum Gasteiger partial charge on any atom is -0.299 e. The monoisotopic (exact) mass is 347 g/mol. The summed E-state index contributed by atoms with van der Waals surface area (Å²) in [4.78, 5) is 12.4. The summed E-state index contributed by atoms with van der Waals surface area (Å²) in [7, 11) is -3.52. The van der Waals surface area contributed by atoms with E-state index in [0.717, 1.165) is 25.0 Å². The topological polar surface area (TPSA) is 78.5 Å². The van der Waals surface area contributed by atoms with E-state index >= 15 is 0 Å². The smallest absolute Gasteiger partial charge is 0.269 e. The molecule has 3 rings (SSSR count). The van der Waals surface area contributed by atoms with Crippen LogP contribution in [-0.4, -0.2) is 31.7 Å². The van der Waals surface area contributed by atoms with E-state index in [2.05, 4.69) is 10.9 Å². The minimum atomic E-state index is -3.52. The Labute approximate surface area is 142 Å². The number of amides is 1. The lowest BCUT2D eigenvalue weighted by Crippen LogP contribution is -2.36. The van der Waals surface area contributed by atoms with Gasteiger partial charge in [-0.3, -0.25) is 15.6 Å². The van der Waals surface area contributed by atoms with Crippen molar-refractivity contribution in [1.29, 1.82) is 0 Å². The second-order valence-electron chi connectivity index (χ2n) is 6.07.